The molecule has 2 aromatic rings. The molecule has 1 aromatic carbocycles. The van der Waals surface area contributed by atoms with E-state index >= 15 is 0 Å². The Morgan fingerprint density at radius 2 is 2.00 bits per heavy atom. The first-order chi connectivity index (χ1) is 8.42. The molecule has 0 saturated heterocycles. The summed E-state index contributed by atoms with van der Waals surface area (Å²) in [6.07, 6.45) is 6.05. The van der Waals surface area contributed by atoms with Gasteiger partial charge in [-0.05, 0) is 37.4 Å². The van der Waals surface area contributed by atoms with Crippen molar-refractivity contribution in [2.24, 2.45) is 5.92 Å². The van der Waals surface area contributed by atoms with Gasteiger partial charge < -0.3 is 5.32 Å². The number of hydrogen-bond acceptors (Lipinski definition) is 3. The van der Waals surface area contributed by atoms with E-state index in [0.29, 0.717) is 0 Å². The fourth-order valence-corrected chi connectivity index (χ4v) is 2.18. The number of para-hydroxylation sites is 2. The molecule has 1 aliphatic carbocycles. The Hall–Kier alpha value is -1.48. The molecule has 0 aliphatic heterocycles. The molecule has 1 aromatic heterocycles. The Labute approximate surface area is 101 Å². The number of nitrogens with zero attached hydrogens (tertiary/aromatic N) is 2. The van der Waals surface area contributed by atoms with Crippen LogP contribution < -0.4 is 5.32 Å². The Balaban J connectivity index is 1.63. The summed E-state index contributed by atoms with van der Waals surface area (Å²) in [7, 11) is 0. The number of rotatable bonds is 4. The van der Waals surface area contributed by atoms with Gasteiger partial charge in [-0.15, -0.1) is 0 Å². The summed E-state index contributed by atoms with van der Waals surface area (Å²) in [6.45, 7) is 1.95. The van der Waals surface area contributed by atoms with Crippen molar-refractivity contribution in [1.29, 1.82) is 0 Å². The van der Waals surface area contributed by atoms with Gasteiger partial charge in [0.05, 0.1) is 22.9 Å². The summed E-state index contributed by atoms with van der Waals surface area (Å²) in [5, 5.41) is 3.47. The first-order valence-electron chi connectivity index (χ1n) is 6.33. The lowest BCUT2D eigenvalue weighted by molar-refractivity contribution is 0.301. The highest BCUT2D eigenvalue weighted by molar-refractivity contribution is 5.73. The maximum atomic E-state index is 4.59. The molecule has 0 radical (unpaired) electrons. The third kappa shape index (κ3) is 2.44. The number of benzene rings is 1. The average Bonchev–Trinajstić information content (AvgIpc) is 2.32. The maximum Gasteiger partial charge on any atom is 0.0890 e. The van der Waals surface area contributed by atoms with Crippen LogP contribution in [0.2, 0.25) is 0 Å². The molecule has 1 fully saturated rings. The molecule has 88 valence electrons. The second kappa shape index (κ2) is 4.80. The van der Waals surface area contributed by atoms with Crippen LogP contribution in [0.15, 0.2) is 30.5 Å². The Bertz CT molecular complexity index is 506. The number of nitrogens with one attached hydrogen (secondary N) is 1. The molecule has 3 heteroatoms. The maximum absolute atomic E-state index is 4.59. The number of aromatic nitrogens is 2. The van der Waals surface area contributed by atoms with Gasteiger partial charge in [0.15, 0.2) is 0 Å². The number of fused-ring (bicyclic) bond motifs is 1. The highest BCUT2D eigenvalue weighted by atomic mass is 14.9. The van der Waals surface area contributed by atoms with Gasteiger partial charge >= 0.3 is 0 Å². The molecule has 1 heterocycles. The highest BCUT2D eigenvalue weighted by Gasteiger charge is 2.16. The van der Waals surface area contributed by atoms with Crippen molar-refractivity contribution in [3.63, 3.8) is 0 Å². The zero-order valence-corrected chi connectivity index (χ0v) is 9.89. The molecular formula is C14H17N3. The van der Waals surface area contributed by atoms with Crippen LogP contribution in [0.4, 0.5) is 0 Å². The van der Waals surface area contributed by atoms with Crippen LogP contribution in [0.1, 0.15) is 25.0 Å². The van der Waals surface area contributed by atoms with Crippen LogP contribution in [-0.2, 0) is 6.54 Å². The minimum absolute atomic E-state index is 0.828. The van der Waals surface area contributed by atoms with Crippen LogP contribution >= 0.6 is 0 Å². The molecule has 0 atom stereocenters. The van der Waals surface area contributed by atoms with Crippen LogP contribution in [0.5, 0.6) is 0 Å². The second-order valence-corrected chi connectivity index (χ2v) is 4.78. The van der Waals surface area contributed by atoms with Crippen molar-refractivity contribution in [3.8, 4) is 0 Å². The van der Waals surface area contributed by atoms with E-state index in [2.05, 4.69) is 15.3 Å². The quantitative estimate of drug-likeness (QED) is 0.872. The fourth-order valence-electron chi connectivity index (χ4n) is 2.18. The zero-order chi connectivity index (χ0) is 11.5. The lowest BCUT2D eigenvalue weighted by Gasteiger charge is -2.25. The average molecular weight is 227 g/mol. The first-order valence-corrected chi connectivity index (χ1v) is 6.33. The lowest BCUT2D eigenvalue weighted by atomic mass is 9.85. The van der Waals surface area contributed by atoms with Crippen molar-refractivity contribution < 1.29 is 0 Å². The summed E-state index contributed by atoms with van der Waals surface area (Å²) in [6, 6.07) is 8.00. The van der Waals surface area contributed by atoms with Crippen LogP contribution in [0.25, 0.3) is 11.0 Å². The van der Waals surface area contributed by atoms with E-state index in [0.717, 1.165) is 35.7 Å². The van der Waals surface area contributed by atoms with Gasteiger partial charge in [0.25, 0.3) is 0 Å². The minimum Gasteiger partial charge on any atom is -0.311 e. The van der Waals surface area contributed by atoms with Crippen molar-refractivity contribution in [2.75, 3.05) is 6.54 Å². The molecule has 0 unspecified atom stereocenters. The molecule has 3 nitrogen and oxygen atoms in total. The summed E-state index contributed by atoms with van der Waals surface area (Å²) in [5.41, 5.74) is 2.98. The standard InChI is InChI=1S/C14H17N3/c1-2-7-14-13(6-1)16-10-12(17-14)9-15-8-11-4-3-5-11/h1-2,6-7,10-11,15H,3-5,8-9H2. The van der Waals surface area contributed by atoms with Gasteiger partial charge in [-0.2, -0.15) is 0 Å². The predicted molar refractivity (Wildman–Crippen MR) is 68.6 cm³/mol. The molecular weight excluding hydrogens is 210 g/mol. The molecule has 0 amide bonds. The fraction of sp³-hybridized carbons (Fsp3) is 0.429. The molecule has 3 rings (SSSR count). The summed E-state index contributed by atoms with van der Waals surface area (Å²) in [5.74, 6) is 0.892. The minimum atomic E-state index is 0.828. The predicted octanol–water partition coefficient (Wildman–Crippen LogP) is 2.52. The lowest BCUT2D eigenvalue weighted by Crippen LogP contribution is -2.27. The van der Waals surface area contributed by atoms with Crippen LogP contribution in [0, 0.1) is 5.92 Å². The molecule has 1 aliphatic rings. The van der Waals surface area contributed by atoms with Gasteiger partial charge in [-0.1, -0.05) is 18.6 Å². The SMILES string of the molecule is c1ccc2nc(CNCC3CCC3)cnc2c1. The second-order valence-electron chi connectivity index (χ2n) is 4.78. The van der Waals surface area contributed by atoms with E-state index in [1.54, 1.807) is 0 Å². The van der Waals surface area contributed by atoms with E-state index in [1.807, 2.05) is 30.5 Å². The first kappa shape index (κ1) is 10.7. The van der Waals surface area contributed by atoms with Crippen molar-refractivity contribution >= 4 is 11.0 Å². The molecule has 0 spiro atoms. The van der Waals surface area contributed by atoms with E-state index in [9.17, 15) is 0 Å². The molecule has 1 saturated carbocycles. The van der Waals surface area contributed by atoms with Gasteiger partial charge in [0.2, 0.25) is 0 Å². The smallest absolute Gasteiger partial charge is 0.0890 e. The van der Waals surface area contributed by atoms with Crippen LogP contribution in [0.3, 0.4) is 0 Å². The van der Waals surface area contributed by atoms with Gasteiger partial charge in [-0.25, -0.2) is 4.98 Å². The van der Waals surface area contributed by atoms with Crippen molar-refractivity contribution in [1.82, 2.24) is 15.3 Å². The third-order valence-corrected chi connectivity index (χ3v) is 3.46. The Morgan fingerprint density at radius 3 is 2.76 bits per heavy atom. The summed E-state index contributed by atoms with van der Waals surface area (Å²) < 4.78 is 0. The van der Waals surface area contributed by atoms with E-state index in [-0.39, 0.29) is 0 Å². The van der Waals surface area contributed by atoms with E-state index < -0.39 is 0 Å². The normalized spacial score (nSPS) is 16.0. The van der Waals surface area contributed by atoms with Gasteiger partial charge in [0, 0.05) is 6.54 Å². The van der Waals surface area contributed by atoms with Gasteiger partial charge in [-0.3, -0.25) is 4.98 Å². The molecule has 17 heavy (non-hydrogen) atoms. The topological polar surface area (TPSA) is 37.8 Å². The van der Waals surface area contributed by atoms with Crippen molar-refractivity contribution in [2.45, 2.75) is 25.8 Å². The largest absolute Gasteiger partial charge is 0.311 e. The monoisotopic (exact) mass is 227 g/mol. The summed E-state index contributed by atoms with van der Waals surface area (Å²) >= 11 is 0. The van der Waals surface area contributed by atoms with E-state index in [1.165, 1.54) is 19.3 Å². The van der Waals surface area contributed by atoms with Crippen molar-refractivity contribution in [3.05, 3.63) is 36.2 Å². The zero-order valence-electron chi connectivity index (χ0n) is 9.89. The number of hydrogen-bond donors (Lipinski definition) is 1. The van der Waals surface area contributed by atoms with E-state index in [4.69, 9.17) is 0 Å². The molecule has 0 bridgehead atoms. The Kier molecular flexibility index (Phi) is 3.01. The summed E-state index contributed by atoms with van der Waals surface area (Å²) in [4.78, 5) is 9.00. The highest BCUT2D eigenvalue weighted by Crippen LogP contribution is 2.25. The van der Waals surface area contributed by atoms with Gasteiger partial charge in [0.1, 0.15) is 0 Å². The molecule has 1 N–H and O–H groups in total. The third-order valence-electron chi connectivity index (χ3n) is 3.46. The van der Waals surface area contributed by atoms with Crippen LogP contribution in [-0.4, -0.2) is 16.5 Å². The Morgan fingerprint density at radius 1 is 1.18 bits per heavy atom.